The molecule has 1 N–H and O–H groups in total. The van der Waals surface area contributed by atoms with Gasteiger partial charge >= 0.3 is 0 Å². The summed E-state index contributed by atoms with van der Waals surface area (Å²) in [6.45, 7) is 1.19. The average molecular weight is 261 g/mol. The molecule has 0 radical (unpaired) electrons. The van der Waals surface area contributed by atoms with Gasteiger partial charge in [-0.1, -0.05) is 0 Å². The number of hydrogen-bond acceptors (Lipinski definition) is 6. The van der Waals surface area contributed by atoms with Gasteiger partial charge in [-0.3, -0.25) is 0 Å². The van der Waals surface area contributed by atoms with Gasteiger partial charge in [-0.15, -0.1) is 10.2 Å². The Morgan fingerprint density at radius 2 is 2.11 bits per heavy atom. The minimum atomic E-state index is 0.262. The molecule has 3 rings (SSSR count). The van der Waals surface area contributed by atoms with Crippen molar-refractivity contribution in [2.75, 3.05) is 20.4 Å². The van der Waals surface area contributed by atoms with Crippen LogP contribution in [0.3, 0.4) is 0 Å². The molecule has 0 fully saturated rings. The lowest BCUT2D eigenvalue weighted by molar-refractivity contribution is 0.174. The van der Waals surface area contributed by atoms with E-state index < -0.39 is 0 Å². The molecule has 1 aliphatic heterocycles. The first kappa shape index (κ1) is 12.0. The molecule has 1 aromatic carbocycles. The second-order valence-corrected chi connectivity index (χ2v) is 4.28. The van der Waals surface area contributed by atoms with Gasteiger partial charge in [0.1, 0.15) is 0 Å². The van der Waals surface area contributed by atoms with Crippen molar-refractivity contribution >= 4 is 0 Å². The quantitative estimate of drug-likeness (QED) is 0.825. The molecule has 0 bridgehead atoms. The Kier molecular flexibility index (Phi) is 3.33. The van der Waals surface area contributed by atoms with Gasteiger partial charge in [-0.25, -0.2) is 0 Å². The third-order valence-corrected chi connectivity index (χ3v) is 2.90. The highest BCUT2D eigenvalue weighted by molar-refractivity contribution is 5.60. The molecule has 2 heterocycles. The summed E-state index contributed by atoms with van der Waals surface area (Å²) in [5.74, 6) is 2.63. The maximum atomic E-state index is 5.63. The van der Waals surface area contributed by atoms with E-state index in [2.05, 4.69) is 15.5 Å². The fourth-order valence-electron chi connectivity index (χ4n) is 1.92. The Hall–Kier alpha value is -2.08. The van der Waals surface area contributed by atoms with E-state index in [1.165, 1.54) is 0 Å². The van der Waals surface area contributed by atoms with Gasteiger partial charge in [0.05, 0.1) is 0 Å². The van der Waals surface area contributed by atoms with Crippen LogP contribution in [0, 0.1) is 0 Å². The molecule has 0 aliphatic carbocycles. The van der Waals surface area contributed by atoms with E-state index in [9.17, 15) is 0 Å². The van der Waals surface area contributed by atoms with Gasteiger partial charge in [0.25, 0.3) is 0 Å². The third-order valence-electron chi connectivity index (χ3n) is 2.90. The van der Waals surface area contributed by atoms with Crippen LogP contribution in [0.4, 0.5) is 0 Å². The van der Waals surface area contributed by atoms with Crippen LogP contribution in [0.25, 0.3) is 11.5 Å². The van der Waals surface area contributed by atoms with Crippen LogP contribution in [0.5, 0.6) is 11.5 Å². The van der Waals surface area contributed by atoms with Gasteiger partial charge in [-0.2, -0.15) is 0 Å². The van der Waals surface area contributed by atoms with Crippen LogP contribution in [-0.4, -0.2) is 30.6 Å². The molecule has 19 heavy (non-hydrogen) atoms. The summed E-state index contributed by atoms with van der Waals surface area (Å²) < 4.78 is 16.2. The fraction of sp³-hybridized carbons (Fsp3) is 0.385. The number of aromatic nitrogens is 2. The van der Waals surface area contributed by atoms with Crippen molar-refractivity contribution in [2.24, 2.45) is 0 Å². The lowest BCUT2D eigenvalue weighted by Crippen LogP contribution is -2.08. The van der Waals surface area contributed by atoms with E-state index in [0.717, 1.165) is 30.7 Å². The highest BCUT2D eigenvalue weighted by Gasteiger charge is 2.16. The summed E-state index contributed by atoms with van der Waals surface area (Å²) in [7, 11) is 1.92. The van der Waals surface area contributed by atoms with E-state index in [-0.39, 0.29) is 6.79 Å². The summed E-state index contributed by atoms with van der Waals surface area (Å²) in [6.07, 6.45) is 1.75. The zero-order valence-corrected chi connectivity index (χ0v) is 10.7. The molecule has 1 aromatic heterocycles. The Bertz CT molecular complexity index is 568. The van der Waals surface area contributed by atoms with Gasteiger partial charge in [0.2, 0.25) is 18.6 Å². The number of rotatable bonds is 5. The molecule has 0 unspecified atom stereocenters. The zero-order chi connectivity index (χ0) is 13.1. The molecule has 0 amide bonds. The summed E-state index contributed by atoms with van der Waals surface area (Å²) in [4.78, 5) is 0. The summed E-state index contributed by atoms with van der Waals surface area (Å²) in [5.41, 5.74) is 0.844. The number of benzene rings is 1. The number of aryl methyl sites for hydroxylation is 1. The van der Waals surface area contributed by atoms with Gasteiger partial charge in [-0.05, 0) is 38.2 Å². The predicted molar refractivity (Wildman–Crippen MR) is 68.1 cm³/mol. The highest BCUT2D eigenvalue weighted by Crippen LogP contribution is 2.35. The number of fused-ring (bicyclic) bond motifs is 1. The van der Waals surface area contributed by atoms with Crippen LogP contribution < -0.4 is 14.8 Å². The lowest BCUT2D eigenvalue weighted by atomic mass is 10.2. The molecule has 100 valence electrons. The van der Waals surface area contributed by atoms with Crippen LogP contribution in [0.15, 0.2) is 22.6 Å². The zero-order valence-electron chi connectivity index (χ0n) is 10.7. The molecule has 0 saturated carbocycles. The van der Waals surface area contributed by atoms with Crippen molar-refractivity contribution < 1.29 is 13.9 Å². The van der Waals surface area contributed by atoms with E-state index in [0.29, 0.717) is 17.5 Å². The van der Waals surface area contributed by atoms with Crippen LogP contribution in [0.2, 0.25) is 0 Å². The van der Waals surface area contributed by atoms with Crippen LogP contribution in [0.1, 0.15) is 12.3 Å². The average Bonchev–Trinajstić information content (AvgIpc) is 3.06. The van der Waals surface area contributed by atoms with Crippen molar-refractivity contribution in [1.29, 1.82) is 0 Å². The first-order chi connectivity index (χ1) is 9.36. The van der Waals surface area contributed by atoms with E-state index in [1.807, 2.05) is 25.2 Å². The van der Waals surface area contributed by atoms with Crippen LogP contribution in [-0.2, 0) is 6.42 Å². The molecule has 0 spiro atoms. The minimum Gasteiger partial charge on any atom is -0.454 e. The first-order valence-electron chi connectivity index (χ1n) is 6.24. The van der Waals surface area contributed by atoms with Gasteiger partial charge in [0.15, 0.2) is 11.5 Å². The predicted octanol–water partition coefficient (Wildman–Crippen LogP) is 1.62. The third kappa shape index (κ3) is 2.53. The molecular formula is C13H15N3O3. The van der Waals surface area contributed by atoms with E-state index in [1.54, 1.807) is 0 Å². The second-order valence-electron chi connectivity index (χ2n) is 4.28. The number of nitrogens with zero attached hydrogens (tertiary/aromatic N) is 2. The lowest BCUT2D eigenvalue weighted by Gasteiger charge is -1.98. The second kappa shape index (κ2) is 5.27. The molecule has 0 atom stereocenters. The van der Waals surface area contributed by atoms with Crippen molar-refractivity contribution in [1.82, 2.24) is 15.5 Å². The Balaban J connectivity index is 1.75. The monoisotopic (exact) mass is 261 g/mol. The minimum absolute atomic E-state index is 0.262. The Labute approximate surface area is 110 Å². The normalized spacial score (nSPS) is 12.9. The molecule has 2 aromatic rings. The van der Waals surface area contributed by atoms with Crippen molar-refractivity contribution in [3.8, 4) is 23.0 Å². The number of ether oxygens (including phenoxy) is 2. The van der Waals surface area contributed by atoms with Crippen molar-refractivity contribution in [3.05, 3.63) is 24.1 Å². The smallest absolute Gasteiger partial charge is 0.247 e. The van der Waals surface area contributed by atoms with Gasteiger partial charge in [0, 0.05) is 12.0 Å². The maximum absolute atomic E-state index is 5.63. The number of hydrogen-bond donors (Lipinski definition) is 1. The summed E-state index contributed by atoms with van der Waals surface area (Å²) >= 11 is 0. The largest absolute Gasteiger partial charge is 0.454 e. The molecular weight excluding hydrogens is 246 g/mol. The van der Waals surface area contributed by atoms with Crippen LogP contribution >= 0.6 is 0 Å². The topological polar surface area (TPSA) is 69.4 Å². The summed E-state index contributed by atoms with van der Waals surface area (Å²) in [5, 5.41) is 11.2. The molecule has 1 aliphatic rings. The Morgan fingerprint density at radius 1 is 1.21 bits per heavy atom. The number of nitrogens with one attached hydrogen (secondary N) is 1. The van der Waals surface area contributed by atoms with E-state index >= 15 is 0 Å². The van der Waals surface area contributed by atoms with Crippen molar-refractivity contribution in [2.45, 2.75) is 12.8 Å². The maximum Gasteiger partial charge on any atom is 0.247 e. The SMILES string of the molecule is CNCCCc1nnc(-c2ccc3c(c2)OCO3)o1. The van der Waals surface area contributed by atoms with E-state index in [4.69, 9.17) is 13.9 Å². The van der Waals surface area contributed by atoms with Gasteiger partial charge < -0.3 is 19.2 Å². The van der Waals surface area contributed by atoms with Crippen molar-refractivity contribution in [3.63, 3.8) is 0 Å². The summed E-state index contributed by atoms with van der Waals surface area (Å²) in [6, 6.07) is 5.59. The molecule has 0 saturated heterocycles. The molecule has 6 nitrogen and oxygen atoms in total. The molecule has 6 heteroatoms. The standard InChI is InChI=1S/C13H15N3O3/c1-14-6-2-3-12-15-16-13(19-12)9-4-5-10-11(7-9)18-8-17-10/h4-5,7,14H,2-3,6,8H2,1H3. The Morgan fingerprint density at radius 3 is 3.00 bits per heavy atom. The highest BCUT2D eigenvalue weighted by atomic mass is 16.7. The fourth-order valence-corrected chi connectivity index (χ4v) is 1.92. The first-order valence-corrected chi connectivity index (χ1v) is 6.24.